The van der Waals surface area contributed by atoms with Crippen LogP contribution < -0.4 is 4.72 Å². The van der Waals surface area contributed by atoms with Crippen LogP contribution in [0.5, 0.6) is 0 Å². The van der Waals surface area contributed by atoms with E-state index < -0.39 is 10.0 Å². The highest BCUT2D eigenvalue weighted by Gasteiger charge is 2.18. The van der Waals surface area contributed by atoms with E-state index in [1.807, 2.05) is 17.5 Å². The average molecular weight is 357 g/mol. The molecule has 98 valence electrons. The first-order valence-electron chi connectivity index (χ1n) is 5.25. The largest absolute Gasteiger partial charge is 0.242 e. The molecule has 1 aromatic carbocycles. The molecule has 0 radical (unpaired) electrons. The van der Waals surface area contributed by atoms with Crippen LogP contribution in [0.3, 0.4) is 0 Å². The van der Waals surface area contributed by atoms with E-state index in [-0.39, 0.29) is 17.0 Å². The molecule has 2 rings (SSSR count). The summed E-state index contributed by atoms with van der Waals surface area (Å²) in [7, 11) is -3.68. The molecule has 1 heterocycles. The van der Waals surface area contributed by atoms with Gasteiger partial charge in [0.25, 0.3) is 0 Å². The molecule has 0 unspecified atom stereocenters. The van der Waals surface area contributed by atoms with Gasteiger partial charge in [-0.15, -0.1) is 11.3 Å². The summed E-state index contributed by atoms with van der Waals surface area (Å²) in [6.45, 7) is 0.195. The van der Waals surface area contributed by atoms with E-state index in [4.69, 9.17) is 5.26 Å². The molecular weight excluding hydrogens is 348 g/mol. The van der Waals surface area contributed by atoms with E-state index in [1.54, 1.807) is 12.1 Å². The number of benzene rings is 1. The Bertz CT molecular complexity index is 732. The van der Waals surface area contributed by atoms with Crippen LogP contribution in [0.15, 0.2) is 45.1 Å². The molecule has 2 aromatic rings. The second-order valence-electron chi connectivity index (χ2n) is 3.62. The number of hydrogen-bond donors (Lipinski definition) is 1. The molecule has 19 heavy (non-hydrogen) atoms. The topological polar surface area (TPSA) is 70.0 Å². The van der Waals surface area contributed by atoms with Gasteiger partial charge < -0.3 is 0 Å². The Morgan fingerprint density at radius 3 is 2.68 bits per heavy atom. The van der Waals surface area contributed by atoms with Gasteiger partial charge in [0.15, 0.2) is 0 Å². The lowest BCUT2D eigenvalue weighted by molar-refractivity contribution is 0.581. The van der Waals surface area contributed by atoms with Gasteiger partial charge in [-0.3, -0.25) is 0 Å². The molecule has 0 aliphatic carbocycles. The molecule has 0 aliphatic heterocycles. The number of rotatable bonds is 4. The Morgan fingerprint density at radius 1 is 1.32 bits per heavy atom. The van der Waals surface area contributed by atoms with Crippen LogP contribution in [-0.2, 0) is 16.6 Å². The second kappa shape index (κ2) is 5.84. The highest BCUT2D eigenvalue weighted by molar-refractivity contribution is 9.10. The average Bonchev–Trinajstić information content (AvgIpc) is 2.82. The quantitative estimate of drug-likeness (QED) is 0.915. The van der Waals surface area contributed by atoms with Crippen molar-refractivity contribution >= 4 is 37.3 Å². The van der Waals surface area contributed by atoms with E-state index in [9.17, 15) is 8.42 Å². The molecule has 7 heteroatoms. The Morgan fingerprint density at radius 2 is 2.05 bits per heavy atom. The van der Waals surface area contributed by atoms with Gasteiger partial charge in [0.1, 0.15) is 6.07 Å². The zero-order valence-electron chi connectivity index (χ0n) is 9.63. The van der Waals surface area contributed by atoms with Gasteiger partial charge in [0.2, 0.25) is 10.0 Å². The van der Waals surface area contributed by atoms with Crippen LogP contribution in [0.25, 0.3) is 0 Å². The Kier molecular flexibility index (Phi) is 4.37. The number of thiophene rings is 1. The summed E-state index contributed by atoms with van der Waals surface area (Å²) in [5.41, 5.74) is 0.139. The number of nitrogens with one attached hydrogen (secondary N) is 1. The summed E-state index contributed by atoms with van der Waals surface area (Å²) in [5, 5.41) is 10.8. The van der Waals surface area contributed by atoms with Gasteiger partial charge in [-0.2, -0.15) is 5.26 Å². The number of hydrogen-bond acceptors (Lipinski definition) is 4. The van der Waals surface area contributed by atoms with Crippen molar-refractivity contribution in [3.8, 4) is 6.07 Å². The van der Waals surface area contributed by atoms with Crippen LogP contribution in [0.1, 0.15) is 10.4 Å². The summed E-state index contributed by atoms with van der Waals surface area (Å²) in [4.78, 5) is 0.892. The molecule has 0 spiro atoms. The maximum atomic E-state index is 12.1. The monoisotopic (exact) mass is 356 g/mol. The fourth-order valence-corrected chi connectivity index (χ4v) is 4.16. The summed E-state index contributed by atoms with van der Waals surface area (Å²) in [5.74, 6) is 0. The van der Waals surface area contributed by atoms with Crippen molar-refractivity contribution in [1.29, 1.82) is 5.26 Å². The molecule has 4 nitrogen and oxygen atoms in total. The first-order valence-corrected chi connectivity index (χ1v) is 8.41. The number of nitrogens with zero attached hydrogens (tertiary/aromatic N) is 1. The standard InChI is InChI=1S/C12H9BrN2O2S2/c13-10-5-6-18-11(10)8-15-19(16,17)12-4-2-1-3-9(12)7-14/h1-6,15H,8H2. The number of nitriles is 1. The Hall–Kier alpha value is -1.20. The smallest absolute Gasteiger partial charge is 0.207 e. The van der Waals surface area contributed by atoms with E-state index in [0.29, 0.717) is 0 Å². The third-order valence-electron chi connectivity index (χ3n) is 2.41. The molecule has 0 bridgehead atoms. The van der Waals surface area contributed by atoms with Crippen LogP contribution >= 0.6 is 27.3 Å². The van der Waals surface area contributed by atoms with Crippen molar-refractivity contribution in [3.63, 3.8) is 0 Å². The van der Waals surface area contributed by atoms with Crippen LogP contribution in [-0.4, -0.2) is 8.42 Å². The van der Waals surface area contributed by atoms with Crippen molar-refractivity contribution in [2.24, 2.45) is 0 Å². The molecule has 0 saturated heterocycles. The zero-order chi connectivity index (χ0) is 13.9. The summed E-state index contributed by atoms with van der Waals surface area (Å²) < 4.78 is 27.7. The molecule has 0 aliphatic rings. The molecule has 0 fully saturated rings. The summed E-state index contributed by atoms with van der Waals surface area (Å²) >= 11 is 4.80. The van der Waals surface area contributed by atoms with E-state index in [0.717, 1.165) is 9.35 Å². The molecule has 0 atom stereocenters. The minimum Gasteiger partial charge on any atom is -0.207 e. The first kappa shape index (κ1) is 14.2. The van der Waals surface area contributed by atoms with Crippen molar-refractivity contribution in [2.75, 3.05) is 0 Å². The van der Waals surface area contributed by atoms with Gasteiger partial charge in [-0.25, -0.2) is 13.1 Å². The third kappa shape index (κ3) is 3.22. The van der Waals surface area contributed by atoms with E-state index in [1.165, 1.54) is 23.5 Å². The van der Waals surface area contributed by atoms with Crippen LogP contribution in [0, 0.1) is 11.3 Å². The molecule has 1 aromatic heterocycles. The van der Waals surface area contributed by atoms with E-state index >= 15 is 0 Å². The molecular formula is C12H9BrN2O2S2. The lowest BCUT2D eigenvalue weighted by Crippen LogP contribution is -2.23. The Labute approximate surface area is 123 Å². The van der Waals surface area contributed by atoms with Crippen molar-refractivity contribution in [3.05, 3.63) is 50.6 Å². The van der Waals surface area contributed by atoms with Gasteiger partial charge in [-0.1, -0.05) is 12.1 Å². The van der Waals surface area contributed by atoms with Gasteiger partial charge in [0, 0.05) is 15.9 Å². The molecule has 1 N–H and O–H groups in total. The van der Waals surface area contributed by atoms with Crippen molar-refractivity contribution in [2.45, 2.75) is 11.4 Å². The second-order valence-corrected chi connectivity index (χ2v) is 7.21. The number of halogens is 1. The predicted octanol–water partition coefficient (Wildman–Crippen LogP) is 2.86. The SMILES string of the molecule is N#Cc1ccccc1S(=O)(=O)NCc1sccc1Br. The minimum atomic E-state index is -3.68. The van der Waals surface area contributed by atoms with Crippen molar-refractivity contribution in [1.82, 2.24) is 4.72 Å². The lowest BCUT2D eigenvalue weighted by Gasteiger charge is -2.07. The highest BCUT2D eigenvalue weighted by Crippen LogP contribution is 2.23. The summed E-state index contributed by atoms with van der Waals surface area (Å²) in [6.07, 6.45) is 0. The highest BCUT2D eigenvalue weighted by atomic mass is 79.9. The van der Waals surface area contributed by atoms with Crippen LogP contribution in [0.4, 0.5) is 0 Å². The zero-order valence-corrected chi connectivity index (χ0v) is 12.8. The first-order chi connectivity index (χ1) is 9.04. The fraction of sp³-hybridized carbons (Fsp3) is 0.0833. The summed E-state index contributed by atoms with van der Waals surface area (Å²) in [6, 6.07) is 9.87. The van der Waals surface area contributed by atoms with Gasteiger partial charge in [0.05, 0.1) is 10.5 Å². The van der Waals surface area contributed by atoms with E-state index in [2.05, 4.69) is 20.7 Å². The molecule has 0 amide bonds. The van der Waals surface area contributed by atoms with Crippen molar-refractivity contribution < 1.29 is 8.42 Å². The van der Waals surface area contributed by atoms with Gasteiger partial charge in [-0.05, 0) is 39.5 Å². The fourth-order valence-electron chi connectivity index (χ4n) is 1.48. The maximum Gasteiger partial charge on any atom is 0.242 e. The minimum absolute atomic E-state index is 0.00479. The van der Waals surface area contributed by atoms with Gasteiger partial charge >= 0.3 is 0 Å². The lowest BCUT2D eigenvalue weighted by atomic mass is 10.2. The van der Waals surface area contributed by atoms with Crippen LogP contribution in [0.2, 0.25) is 0 Å². The Balaban J connectivity index is 2.24. The number of sulfonamides is 1. The molecule has 0 saturated carbocycles. The normalized spacial score (nSPS) is 11.2. The predicted molar refractivity (Wildman–Crippen MR) is 77.2 cm³/mol. The third-order valence-corrected chi connectivity index (χ3v) is 5.80. The maximum absolute atomic E-state index is 12.1.